The van der Waals surface area contributed by atoms with Crippen molar-refractivity contribution in [3.8, 4) is 0 Å². The standard InChI is InChI=1S/C13H18N6/c1-10-8-19(5-4-15-10)13-6-12(16-9-17-13)18-11-2-3-14-7-11/h2-3,6-7,9-10,14-15H,4-5,8H2,1H3,(H,16,17,18). The summed E-state index contributed by atoms with van der Waals surface area (Å²) in [5.74, 6) is 1.79. The SMILES string of the molecule is CC1CN(c2cc(Nc3cc[nH]c3)ncn2)CCN1. The van der Waals surface area contributed by atoms with Crippen LogP contribution in [0.2, 0.25) is 0 Å². The lowest BCUT2D eigenvalue weighted by atomic mass is 10.2. The molecule has 0 amide bonds. The molecule has 0 aliphatic carbocycles. The van der Waals surface area contributed by atoms with Gasteiger partial charge in [-0.1, -0.05) is 0 Å². The number of rotatable bonds is 3. The number of hydrogen-bond donors (Lipinski definition) is 3. The summed E-state index contributed by atoms with van der Waals surface area (Å²) in [7, 11) is 0. The topological polar surface area (TPSA) is 68.9 Å². The van der Waals surface area contributed by atoms with Crippen molar-refractivity contribution in [2.45, 2.75) is 13.0 Å². The zero-order valence-electron chi connectivity index (χ0n) is 10.9. The molecule has 3 heterocycles. The lowest BCUT2D eigenvalue weighted by Gasteiger charge is -2.32. The van der Waals surface area contributed by atoms with Crippen LogP contribution in [0, 0.1) is 0 Å². The summed E-state index contributed by atoms with van der Waals surface area (Å²) in [6, 6.07) is 4.45. The lowest BCUT2D eigenvalue weighted by molar-refractivity contribution is 0.482. The summed E-state index contributed by atoms with van der Waals surface area (Å²) in [4.78, 5) is 13.9. The van der Waals surface area contributed by atoms with Gasteiger partial charge in [0.15, 0.2) is 0 Å². The highest BCUT2D eigenvalue weighted by molar-refractivity contribution is 5.58. The van der Waals surface area contributed by atoms with E-state index in [1.54, 1.807) is 6.33 Å². The Bertz CT molecular complexity index is 524. The van der Waals surface area contributed by atoms with Gasteiger partial charge in [-0.25, -0.2) is 9.97 Å². The van der Waals surface area contributed by atoms with Gasteiger partial charge < -0.3 is 20.5 Å². The molecule has 0 bridgehead atoms. The molecule has 0 spiro atoms. The molecule has 1 atom stereocenters. The normalized spacial score (nSPS) is 19.4. The summed E-state index contributed by atoms with van der Waals surface area (Å²) in [6.07, 6.45) is 5.38. The van der Waals surface area contributed by atoms with Crippen LogP contribution in [-0.2, 0) is 0 Å². The van der Waals surface area contributed by atoms with Gasteiger partial charge >= 0.3 is 0 Å². The van der Waals surface area contributed by atoms with Crippen LogP contribution in [0.4, 0.5) is 17.3 Å². The van der Waals surface area contributed by atoms with Crippen LogP contribution in [0.1, 0.15) is 6.92 Å². The van der Waals surface area contributed by atoms with Crippen molar-refractivity contribution >= 4 is 17.3 Å². The fourth-order valence-electron chi connectivity index (χ4n) is 2.28. The van der Waals surface area contributed by atoms with E-state index in [1.807, 2.05) is 24.5 Å². The first-order chi connectivity index (χ1) is 9.31. The first-order valence-electron chi connectivity index (χ1n) is 6.51. The highest BCUT2D eigenvalue weighted by Gasteiger charge is 2.17. The van der Waals surface area contributed by atoms with Crippen LogP contribution in [-0.4, -0.2) is 40.6 Å². The third-order valence-corrected chi connectivity index (χ3v) is 3.22. The third-order valence-electron chi connectivity index (χ3n) is 3.22. The molecule has 1 aliphatic heterocycles. The van der Waals surface area contributed by atoms with Gasteiger partial charge in [-0.3, -0.25) is 0 Å². The average molecular weight is 258 g/mol. The van der Waals surface area contributed by atoms with Gasteiger partial charge in [-0.15, -0.1) is 0 Å². The predicted octanol–water partition coefficient (Wildman–Crippen LogP) is 1.35. The molecule has 6 nitrogen and oxygen atoms in total. The minimum atomic E-state index is 0.491. The fraction of sp³-hybridized carbons (Fsp3) is 0.385. The molecule has 1 fully saturated rings. The van der Waals surface area contributed by atoms with Crippen molar-refractivity contribution < 1.29 is 0 Å². The Morgan fingerprint density at radius 2 is 2.37 bits per heavy atom. The molecule has 1 unspecified atom stereocenters. The molecule has 1 saturated heterocycles. The maximum Gasteiger partial charge on any atom is 0.135 e. The van der Waals surface area contributed by atoms with Crippen molar-refractivity contribution in [2.75, 3.05) is 29.9 Å². The fourth-order valence-corrected chi connectivity index (χ4v) is 2.28. The molecule has 3 rings (SSSR count). The monoisotopic (exact) mass is 258 g/mol. The van der Waals surface area contributed by atoms with Gasteiger partial charge in [0.25, 0.3) is 0 Å². The molecule has 0 saturated carbocycles. The molecule has 1 aliphatic rings. The van der Waals surface area contributed by atoms with E-state index in [-0.39, 0.29) is 0 Å². The molecule has 3 N–H and O–H groups in total. The second-order valence-electron chi connectivity index (χ2n) is 4.79. The van der Waals surface area contributed by atoms with Crippen LogP contribution in [0.3, 0.4) is 0 Å². The minimum absolute atomic E-state index is 0.491. The second-order valence-corrected chi connectivity index (χ2v) is 4.79. The molecule has 2 aromatic rings. The van der Waals surface area contributed by atoms with E-state index < -0.39 is 0 Å². The lowest BCUT2D eigenvalue weighted by Crippen LogP contribution is -2.49. The first kappa shape index (κ1) is 12.0. The number of hydrogen-bond acceptors (Lipinski definition) is 5. The van der Waals surface area contributed by atoms with Crippen molar-refractivity contribution in [1.82, 2.24) is 20.3 Å². The molecule has 0 radical (unpaired) electrons. The van der Waals surface area contributed by atoms with Gasteiger partial charge in [0.2, 0.25) is 0 Å². The minimum Gasteiger partial charge on any atom is -0.366 e. The smallest absolute Gasteiger partial charge is 0.135 e. The van der Waals surface area contributed by atoms with E-state index in [1.165, 1.54) is 0 Å². The van der Waals surface area contributed by atoms with Crippen LogP contribution < -0.4 is 15.5 Å². The highest BCUT2D eigenvalue weighted by atomic mass is 15.2. The summed E-state index contributed by atoms with van der Waals surface area (Å²) in [5.41, 5.74) is 0.998. The summed E-state index contributed by atoms with van der Waals surface area (Å²) in [5, 5.41) is 6.68. The quantitative estimate of drug-likeness (QED) is 0.775. The van der Waals surface area contributed by atoms with Gasteiger partial charge in [0, 0.05) is 44.1 Å². The number of H-pyrrole nitrogens is 1. The van der Waals surface area contributed by atoms with Gasteiger partial charge in [-0.05, 0) is 13.0 Å². The number of aromatic amines is 1. The Balaban J connectivity index is 1.75. The molecular weight excluding hydrogens is 240 g/mol. The van der Waals surface area contributed by atoms with E-state index in [9.17, 15) is 0 Å². The predicted molar refractivity (Wildman–Crippen MR) is 75.8 cm³/mol. The Morgan fingerprint density at radius 3 is 3.16 bits per heavy atom. The number of anilines is 3. The highest BCUT2D eigenvalue weighted by Crippen LogP contribution is 2.18. The zero-order chi connectivity index (χ0) is 13.1. The summed E-state index contributed by atoms with van der Waals surface area (Å²) in [6.45, 7) is 5.13. The van der Waals surface area contributed by atoms with Gasteiger partial charge in [0.1, 0.15) is 18.0 Å². The van der Waals surface area contributed by atoms with E-state index in [0.717, 1.165) is 37.0 Å². The Morgan fingerprint density at radius 1 is 1.42 bits per heavy atom. The Kier molecular flexibility index (Phi) is 3.33. The summed E-state index contributed by atoms with van der Waals surface area (Å²) < 4.78 is 0. The molecule has 6 heteroatoms. The van der Waals surface area contributed by atoms with Crippen LogP contribution >= 0.6 is 0 Å². The van der Waals surface area contributed by atoms with E-state index in [4.69, 9.17) is 0 Å². The Labute approximate surface area is 112 Å². The number of nitrogens with zero attached hydrogens (tertiary/aromatic N) is 3. The molecule has 19 heavy (non-hydrogen) atoms. The maximum absolute atomic E-state index is 4.37. The first-order valence-corrected chi connectivity index (χ1v) is 6.51. The van der Waals surface area contributed by atoms with Crippen LogP contribution in [0.25, 0.3) is 0 Å². The molecule has 0 aromatic carbocycles. The number of piperazine rings is 1. The van der Waals surface area contributed by atoms with E-state index >= 15 is 0 Å². The number of aromatic nitrogens is 3. The van der Waals surface area contributed by atoms with E-state index in [2.05, 4.69) is 37.4 Å². The second kappa shape index (κ2) is 5.27. The van der Waals surface area contributed by atoms with Crippen molar-refractivity contribution in [3.63, 3.8) is 0 Å². The van der Waals surface area contributed by atoms with Crippen molar-refractivity contribution in [1.29, 1.82) is 0 Å². The average Bonchev–Trinajstić information content (AvgIpc) is 2.92. The summed E-state index contributed by atoms with van der Waals surface area (Å²) >= 11 is 0. The van der Waals surface area contributed by atoms with Crippen LogP contribution in [0.15, 0.2) is 30.9 Å². The number of nitrogens with one attached hydrogen (secondary N) is 3. The van der Waals surface area contributed by atoms with E-state index in [0.29, 0.717) is 6.04 Å². The zero-order valence-corrected chi connectivity index (χ0v) is 10.9. The van der Waals surface area contributed by atoms with Crippen LogP contribution in [0.5, 0.6) is 0 Å². The van der Waals surface area contributed by atoms with Crippen molar-refractivity contribution in [3.05, 3.63) is 30.9 Å². The van der Waals surface area contributed by atoms with Crippen molar-refractivity contribution in [2.24, 2.45) is 0 Å². The largest absolute Gasteiger partial charge is 0.366 e. The maximum atomic E-state index is 4.37. The molecule has 100 valence electrons. The van der Waals surface area contributed by atoms with Gasteiger partial charge in [0.05, 0.1) is 5.69 Å². The third kappa shape index (κ3) is 2.85. The Hall–Kier alpha value is -2.08. The van der Waals surface area contributed by atoms with Gasteiger partial charge in [-0.2, -0.15) is 0 Å². The molecular formula is C13H18N6. The molecule has 2 aromatic heterocycles.